The van der Waals surface area contributed by atoms with Crippen LogP contribution >= 0.6 is 11.6 Å². The van der Waals surface area contributed by atoms with E-state index in [-0.39, 0.29) is 5.71 Å². The molecule has 1 aliphatic heterocycles. The van der Waals surface area contributed by atoms with Gasteiger partial charge in [-0.3, -0.25) is 4.79 Å². The summed E-state index contributed by atoms with van der Waals surface area (Å²) in [5.41, 5.74) is -0.0957. The molecule has 0 aliphatic carbocycles. The molecule has 46 valence electrons. The van der Waals surface area contributed by atoms with Crippen molar-refractivity contribution in [3.05, 3.63) is 0 Å². The van der Waals surface area contributed by atoms with Crippen molar-refractivity contribution in [2.75, 3.05) is 0 Å². The molecule has 5 heteroatoms. The molecule has 0 N–H and O–H groups in total. The van der Waals surface area contributed by atoms with Crippen LogP contribution in [-0.4, -0.2) is 23.2 Å². The summed E-state index contributed by atoms with van der Waals surface area (Å²) in [5.74, 6) is 0. The zero-order valence-electron chi connectivity index (χ0n) is 4.17. The van der Waals surface area contributed by atoms with E-state index in [9.17, 15) is 9.59 Å². The first-order valence-electron chi connectivity index (χ1n) is 2.06. The summed E-state index contributed by atoms with van der Waals surface area (Å²) in [5, 5.41) is -0.760. The van der Waals surface area contributed by atoms with Gasteiger partial charge >= 0.3 is 6.03 Å². The van der Waals surface area contributed by atoms with Crippen molar-refractivity contribution in [2.24, 2.45) is 9.98 Å². The zero-order valence-corrected chi connectivity index (χ0v) is 4.92. The van der Waals surface area contributed by atoms with E-state index < -0.39 is 11.3 Å². The molecular weight excluding hydrogens is 144 g/mol. The van der Waals surface area contributed by atoms with Gasteiger partial charge < -0.3 is 0 Å². The molecule has 0 aromatic heterocycles. The number of nitrogens with zero attached hydrogens (tertiary/aromatic N) is 2. The number of rotatable bonds is 1. The van der Waals surface area contributed by atoms with E-state index in [4.69, 9.17) is 11.6 Å². The minimum absolute atomic E-state index is 0.0957. The quantitative estimate of drug-likeness (QED) is 0.500. The number of hydrogen-bond donors (Lipinski definition) is 0. The van der Waals surface area contributed by atoms with Gasteiger partial charge in [0.15, 0.2) is 0 Å². The molecule has 0 spiro atoms. The molecule has 4 nitrogen and oxygen atoms in total. The van der Waals surface area contributed by atoms with Crippen LogP contribution in [0.3, 0.4) is 0 Å². The Labute approximate surface area is 55.2 Å². The first-order chi connectivity index (χ1) is 4.20. The Balaban J connectivity index is 2.88. The fourth-order valence-electron chi connectivity index (χ4n) is 0.372. The van der Waals surface area contributed by atoms with Crippen molar-refractivity contribution in [2.45, 2.75) is 0 Å². The molecule has 1 rings (SSSR count). The summed E-state index contributed by atoms with van der Waals surface area (Å²) in [6.07, 6.45) is 1.04. The number of carbonyl (C=O) groups is 2. The van der Waals surface area contributed by atoms with Crippen LogP contribution in [0.5, 0.6) is 0 Å². The molecule has 0 saturated heterocycles. The lowest BCUT2D eigenvalue weighted by molar-refractivity contribution is -0.106. The second kappa shape index (κ2) is 2.06. The first-order valence-corrected chi connectivity index (χ1v) is 2.44. The lowest BCUT2D eigenvalue weighted by atomic mass is 10.5. The van der Waals surface area contributed by atoms with Gasteiger partial charge in [0.2, 0.25) is 0 Å². The summed E-state index contributed by atoms with van der Waals surface area (Å²) in [7, 11) is 0. The SMILES string of the molecule is O=C1N=CC(C(=O)Cl)=N1. The van der Waals surface area contributed by atoms with Crippen LogP contribution in [0.1, 0.15) is 0 Å². The standard InChI is InChI=1S/C4HClN2O2/c5-3(8)2-1-6-4(9)7-2/h1H. The molecule has 0 fully saturated rings. The summed E-state index contributed by atoms with van der Waals surface area (Å²) in [6.45, 7) is 0. The second-order valence-corrected chi connectivity index (χ2v) is 1.65. The third kappa shape index (κ3) is 1.20. The number of urea groups is 1. The maximum Gasteiger partial charge on any atom is 0.367 e. The van der Waals surface area contributed by atoms with Crippen molar-refractivity contribution >= 4 is 34.8 Å². The Bertz CT molecular complexity index is 231. The van der Waals surface area contributed by atoms with E-state index >= 15 is 0 Å². The van der Waals surface area contributed by atoms with Crippen LogP contribution in [0, 0.1) is 0 Å². The van der Waals surface area contributed by atoms with Crippen LogP contribution in [0.15, 0.2) is 9.98 Å². The largest absolute Gasteiger partial charge is 0.367 e. The van der Waals surface area contributed by atoms with Gasteiger partial charge in [-0.15, -0.1) is 0 Å². The monoisotopic (exact) mass is 144 g/mol. The highest BCUT2D eigenvalue weighted by atomic mass is 35.5. The Morgan fingerprint density at radius 1 is 1.67 bits per heavy atom. The topological polar surface area (TPSA) is 58.9 Å². The van der Waals surface area contributed by atoms with Crippen LogP contribution in [-0.2, 0) is 4.79 Å². The fourth-order valence-corrected chi connectivity index (χ4v) is 0.463. The Morgan fingerprint density at radius 2 is 2.33 bits per heavy atom. The molecule has 0 aromatic rings. The first kappa shape index (κ1) is 6.10. The fraction of sp³-hybridized carbons (Fsp3) is 0. The number of hydrogen-bond acceptors (Lipinski definition) is 2. The van der Waals surface area contributed by atoms with Crippen molar-refractivity contribution in [1.29, 1.82) is 0 Å². The van der Waals surface area contributed by atoms with Gasteiger partial charge in [-0.25, -0.2) is 4.79 Å². The lowest BCUT2D eigenvalue weighted by Gasteiger charge is -1.77. The normalized spacial score (nSPS) is 16.1. The van der Waals surface area contributed by atoms with Gasteiger partial charge in [-0.2, -0.15) is 9.98 Å². The lowest BCUT2D eigenvalue weighted by Crippen LogP contribution is -2.05. The van der Waals surface area contributed by atoms with Crippen LogP contribution in [0.2, 0.25) is 0 Å². The summed E-state index contributed by atoms with van der Waals surface area (Å²) >= 11 is 4.94. The van der Waals surface area contributed by atoms with Gasteiger partial charge in [0, 0.05) is 0 Å². The maximum absolute atomic E-state index is 10.2. The molecule has 0 bridgehead atoms. The highest BCUT2D eigenvalue weighted by molar-refractivity contribution is 6.90. The summed E-state index contributed by atoms with van der Waals surface area (Å²) in [4.78, 5) is 26.7. The molecule has 0 radical (unpaired) electrons. The van der Waals surface area contributed by atoms with Crippen molar-refractivity contribution in [3.8, 4) is 0 Å². The molecule has 0 aromatic carbocycles. The second-order valence-electron chi connectivity index (χ2n) is 1.31. The van der Waals surface area contributed by atoms with Crippen molar-refractivity contribution in [1.82, 2.24) is 0 Å². The minimum atomic E-state index is -0.760. The third-order valence-electron chi connectivity index (χ3n) is 0.715. The Hall–Kier alpha value is -1.03. The van der Waals surface area contributed by atoms with Crippen molar-refractivity contribution < 1.29 is 9.59 Å². The smallest absolute Gasteiger partial charge is 0.274 e. The summed E-state index contributed by atoms with van der Waals surface area (Å²) < 4.78 is 0. The van der Waals surface area contributed by atoms with E-state index in [2.05, 4.69) is 9.98 Å². The van der Waals surface area contributed by atoms with E-state index in [0.29, 0.717) is 0 Å². The summed E-state index contributed by atoms with van der Waals surface area (Å²) in [6, 6.07) is -0.681. The highest BCUT2D eigenvalue weighted by Gasteiger charge is 2.12. The number of halogens is 1. The molecule has 0 saturated carbocycles. The molecule has 0 atom stereocenters. The Kier molecular flexibility index (Phi) is 1.40. The van der Waals surface area contributed by atoms with Crippen LogP contribution in [0.25, 0.3) is 0 Å². The molecule has 2 amide bonds. The van der Waals surface area contributed by atoms with E-state index in [1.807, 2.05) is 0 Å². The third-order valence-corrected chi connectivity index (χ3v) is 0.908. The Morgan fingerprint density at radius 3 is 2.56 bits per heavy atom. The van der Waals surface area contributed by atoms with Crippen LogP contribution < -0.4 is 0 Å². The molecule has 0 unspecified atom stereocenters. The predicted octanol–water partition coefficient (Wildman–Crippen LogP) is 0.397. The average molecular weight is 145 g/mol. The van der Waals surface area contributed by atoms with Crippen molar-refractivity contribution in [3.63, 3.8) is 0 Å². The highest BCUT2D eigenvalue weighted by Crippen LogP contribution is 1.95. The van der Waals surface area contributed by atoms with E-state index in [0.717, 1.165) is 6.21 Å². The molecular formula is C4HClN2O2. The van der Waals surface area contributed by atoms with Gasteiger partial charge in [0.1, 0.15) is 5.71 Å². The van der Waals surface area contributed by atoms with E-state index in [1.165, 1.54) is 0 Å². The average Bonchev–Trinajstić information content (AvgIpc) is 2.14. The van der Waals surface area contributed by atoms with Gasteiger partial charge in [0.05, 0.1) is 6.21 Å². The van der Waals surface area contributed by atoms with Gasteiger partial charge in [-0.1, -0.05) is 0 Å². The molecule has 9 heavy (non-hydrogen) atoms. The molecule has 1 aliphatic rings. The van der Waals surface area contributed by atoms with Crippen LogP contribution in [0.4, 0.5) is 4.79 Å². The number of aliphatic imine (C=N–C) groups is 2. The zero-order chi connectivity index (χ0) is 6.85. The number of carbonyl (C=O) groups excluding carboxylic acids is 2. The minimum Gasteiger partial charge on any atom is -0.274 e. The van der Waals surface area contributed by atoms with Gasteiger partial charge in [0.25, 0.3) is 5.24 Å². The molecule has 1 heterocycles. The maximum atomic E-state index is 10.2. The van der Waals surface area contributed by atoms with E-state index in [1.54, 1.807) is 0 Å². The number of amides is 2. The predicted molar refractivity (Wildman–Crippen MR) is 32.2 cm³/mol. The van der Waals surface area contributed by atoms with Gasteiger partial charge in [-0.05, 0) is 11.6 Å².